The van der Waals surface area contributed by atoms with E-state index in [1.165, 1.54) is 6.42 Å². The molecule has 3 nitrogen and oxygen atoms in total. The first-order chi connectivity index (χ1) is 13.2. The number of benzene rings is 2. The van der Waals surface area contributed by atoms with Crippen LogP contribution in [0, 0.1) is 0 Å². The molecular weight excluding hydrogens is 352 g/mol. The Morgan fingerprint density at radius 3 is 2.37 bits per heavy atom. The summed E-state index contributed by atoms with van der Waals surface area (Å²) in [4.78, 5) is 14.5. The van der Waals surface area contributed by atoms with Crippen molar-refractivity contribution in [3.05, 3.63) is 83.6 Å². The fourth-order valence-corrected chi connectivity index (χ4v) is 3.36. The second kappa shape index (κ2) is 9.28. The van der Waals surface area contributed by atoms with E-state index in [2.05, 4.69) is 30.4 Å². The third-order valence-corrected chi connectivity index (χ3v) is 4.73. The van der Waals surface area contributed by atoms with Crippen LogP contribution in [0.25, 0.3) is 6.08 Å². The third kappa shape index (κ3) is 4.92. The van der Waals surface area contributed by atoms with Gasteiger partial charge in [0.05, 0.1) is 5.69 Å². The lowest BCUT2D eigenvalue weighted by atomic mass is 10.0. The summed E-state index contributed by atoms with van der Waals surface area (Å²) in [7, 11) is 0. The first-order valence-corrected chi connectivity index (χ1v) is 9.77. The van der Waals surface area contributed by atoms with Crippen molar-refractivity contribution in [2.24, 2.45) is 0 Å². The molecule has 1 amide bonds. The topological polar surface area (TPSA) is 32.3 Å². The van der Waals surface area contributed by atoms with Crippen LogP contribution in [-0.2, 0) is 4.79 Å². The number of hydrogen-bond acceptors (Lipinski definition) is 2. The van der Waals surface area contributed by atoms with Gasteiger partial charge in [-0.1, -0.05) is 74.4 Å². The number of carbonyl (C=O) groups excluding carboxylic acids is 1. The van der Waals surface area contributed by atoms with Gasteiger partial charge in [0, 0.05) is 0 Å². The molecule has 1 saturated heterocycles. The highest BCUT2D eigenvalue weighted by molar-refractivity contribution is 7.80. The van der Waals surface area contributed by atoms with Crippen LogP contribution in [0.2, 0.25) is 0 Å². The number of nitrogens with zero attached hydrogens (tertiary/aromatic N) is 1. The molecule has 0 saturated carbocycles. The van der Waals surface area contributed by atoms with Crippen LogP contribution < -0.4 is 10.2 Å². The summed E-state index contributed by atoms with van der Waals surface area (Å²) >= 11 is 5.40. The van der Waals surface area contributed by atoms with E-state index in [-0.39, 0.29) is 5.91 Å². The summed E-state index contributed by atoms with van der Waals surface area (Å²) in [6, 6.07) is 19.7. The van der Waals surface area contributed by atoms with E-state index in [4.69, 9.17) is 12.2 Å². The molecule has 1 N–H and O–H groups in total. The molecule has 0 spiro atoms. The summed E-state index contributed by atoms with van der Waals surface area (Å²) in [6.07, 6.45) is 8.45. The Morgan fingerprint density at radius 1 is 1.04 bits per heavy atom. The molecule has 27 heavy (non-hydrogen) atoms. The molecule has 2 aromatic rings. The van der Waals surface area contributed by atoms with Gasteiger partial charge in [-0.3, -0.25) is 9.69 Å². The van der Waals surface area contributed by atoms with Crippen molar-refractivity contribution in [1.82, 2.24) is 5.32 Å². The van der Waals surface area contributed by atoms with Crippen LogP contribution in [0.15, 0.2) is 78.0 Å². The molecule has 0 radical (unpaired) electrons. The van der Waals surface area contributed by atoms with Gasteiger partial charge in [-0.2, -0.15) is 0 Å². The lowest BCUT2D eigenvalue weighted by Gasteiger charge is -2.13. The molecule has 4 heteroatoms. The van der Waals surface area contributed by atoms with Gasteiger partial charge in [0.25, 0.3) is 5.91 Å². The normalized spacial score (nSPS) is 16.1. The number of unbranched alkanes of at least 4 members (excludes halogenated alkanes) is 2. The number of amides is 1. The van der Waals surface area contributed by atoms with E-state index in [9.17, 15) is 4.79 Å². The largest absolute Gasteiger partial charge is 0.327 e. The van der Waals surface area contributed by atoms with E-state index in [1.54, 1.807) is 4.90 Å². The van der Waals surface area contributed by atoms with Crippen molar-refractivity contribution in [3.8, 4) is 0 Å². The van der Waals surface area contributed by atoms with Crippen molar-refractivity contribution >= 4 is 35.0 Å². The number of rotatable bonds is 7. The van der Waals surface area contributed by atoms with Crippen LogP contribution in [-0.4, -0.2) is 11.0 Å². The maximum absolute atomic E-state index is 12.9. The first kappa shape index (κ1) is 19.1. The van der Waals surface area contributed by atoms with E-state index in [1.807, 2.05) is 54.6 Å². The smallest absolute Gasteiger partial charge is 0.281 e. The minimum absolute atomic E-state index is 0.111. The fraction of sp³-hybridized carbons (Fsp3) is 0.217. The highest BCUT2D eigenvalue weighted by Crippen LogP contribution is 2.23. The molecule has 0 aliphatic carbocycles. The molecule has 138 valence electrons. The predicted octanol–water partition coefficient (Wildman–Crippen LogP) is 5.46. The van der Waals surface area contributed by atoms with Crippen molar-refractivity contribution in [2.75, 3.05) is 4.90 Å². The number of hydrogen-bond donors (Lipinski definition) is 1. The summed E-state index contributed by atoms with van der Waals surface area (Å²) in [6.45, 7) is 2.19. The average molecular weight is 377 g/mol. The molecule has 0 atom stereocenters. The van der Waals surface area contributed by atoms with Crippen molar-refractivity contribution in [3.63, 3.8) is 0 Å². The zero-order valence-corrected chi connectivity index (χ0v) is 16.3. The lowest BCUT2D eigenvalue weighted by molar-refractivity contribution is -0.113. The monoisotopic (exact) mass is 376 g/mol. The summed E-state index contributed by atoms with van der Waals surface area (Å²) in [5.74, 6) is -0.111. The number of allylic oxidation sites excluding steroid dienone is 2. The van der Waals surface area contributed by atoms with Gasteiger partial charge in [-0.05, 0) is 54.4 Å². The second-order valence-corrected chi connectivity index (χ2v) is 6.94. The minimum Gasteiger partial charge on any atom is -0.327 e. The number of anilines is 1. The van der Waals surface area contributed by atoms with E-state index < -0.39 is 0 Å². The molecular formula is C23H24N2OS. The zero-order chi connectivity index (χ0) is 19.1. The van der Waals surface area contributed by atoms with Gasteiger partial charge in [-0.15, -0.1) is 0 Å². The van der Waals surface area contributed by atoms with E-state index >= 15 is 0 Å². The van der Waals surface area contributed by atoms with Crippen LogP contribution in [0.3, 0.4) is 0 Å². The summed E-state index contributed by atoms with van der Waals surface area (Å²) in [5.41, 5.74) is 3.57. The van der Waals surface area contributed by atoms with Gasteiger partial charge in [0.2, 0.25) is 0 Å². The predicted molar refractivity (Wildman–Crippen MR) is 116 cm³/mol. The Balaban J connectivity index is 1.87. The molecule has 0 aromatic heterocycles. The summed E-state index contributed by atoms with van der Waals surface area (Å²) in [5, 5.41) is 3.51. The van der Waals surface area contributed by atoms with Crippen molar-refractivity contribution in [2.45, 2.75) is 32.6 Å². The van der Waals surface area contributed by atoms with Crippen LogP contribution in [0.1, 0.15) is 38.2 Å². The average Bonchev–Trinajstić information content (AvgIpc) is 2.96. The van der Waals surface area contributed by atoms with E-state index in [0.29, 0.717) is 10.8 Å². The molecule has 1 aliphatic rings. The second-order valence-electron chi connectivity index (χ2n) is 6.55. The number of thiocarbonyl (C=S) groups is 1. The number of carbonyl (C=O) groups is 1. The standard InChI is InChI=1S/C23H24N2OS/c1-2-3-6-13-19(16-18-11-7-4-8-12-18)17-21-22(26)25(23(27)24-21)20-14-9-5-10-15-20/h4-5,7-12,14-17H,2-3,6,13H2,1H3,(H,24,27)/b19-16-,21-17+. The van der Waals surface area contributed by atoms with E-state index in [0.717, 1.165) is 36.1 Å². The van der Waals surface area contributed by atoms with Crippen LogP contribution in [0.5, 0.6) is 0 Å². The molecule has 0 bridgehead atoms. The SMILES string of the molecule is CCCCCC(=C/c1ccccc1)/C=C1/NC(=S)N(c2ccccc2)C1=O. The van der Waals surface area contributed by atoms with Crippen molar-refractivity contribution in [1.29, 1.82) is 0 Å². The third-order valence-electron chi connectivity index (χ3n) is 4.44. The molecule has 2 aromatic carbocycles. The van der Waals surface area contributed by atoms with Gasteiger partial charge in [0.15, 0.2) is 5.11 Å². The Morgan fingerprint density at radius 2 is 1.70 bits per heavy atom. The Labute approximate surface area is 166 Å². The number of nitrogens with one attached hydrogen (secondary N) is 1. The molecule has 1 aliphatic heterocycles. The Kier molecular flexibility index (Phi) is 6.55. The molecule has 1 heterocycles. The number of para-hydroxylation sites is 1. The highest BCUT2D eigenvalue weighted by Gasteiger charge is 2.31. The van der Waals surface area contributed by atoms with Crippen LogP contribution >= 0.6 is 12.2 Å². The highest BCUT2D eigenvalue weighted by atomic mass is 32.1. The van der Waals surface area contributed by atoms with Crippen molar-refractivity contribution < 1.29 is 4.79 Å². The maximum atomic E-state index is 12.9. The summed E-state index contributed by atoms with van der Waals surface area (Å²) < 4.78 is 0. The van der Waals surface area contributed by atoms with Gasteiger partial charge in [-0.25, -0.2) is 0 Å². The Hall–Kier alpha value is -2.72. The van der Waals surface area contributed by atoms with Gasteiger partial charge >= 0.3 is 0 Å². The first-order valence-electron chi connectivity index (χ1n) is 9.37. The fourth-order valence-electron chi connectivity index (χ4n) is 3.06. The Bertz CT molecular complexity index is 856. The quantitative estimate of drug-likeness (QED) is 0.396. The van der Waals surface area contributed by atoms with Crippen LogP contribution in [0.4, 0.5) is 5.69 Å². The molecule has 1 fully saturated rings. The minimum atomic E-state index is -0.111. The van der Waals surface area contributed by atoms with Gasteiger partial charge in [0.1, 0.15) is 5.70 Å². The molecule has 0 unspecified atom stereocenters. The van der Waals surface area contributed by atoms with Gasteiger partial charge < -0.3 is 5.32 Å². The lowest BCUT2D eigenvalue weighted by Crippen LogP contribution is -2.30. The maximum Gasteiger partial charge on any atom is 0.281 e. The zero-order valence-electron chi connectivity index (χ0n) is 15.5. The molecule has 3 rings (SSSR count).